The molecule has 7 rings (SSSR count). The minimum Gasteiger partial charge on any atom is -0.508 e. The highest BCUT2D eigenvalue weighted by molar-refractivity contribution is 7.22. The number of aromatic nitrogens is 1. The number of thiophene rings is 1. The molecular formula is C51H57FN4O10S2. The van der Waals surface area contributed by atoms with E-state index >= 15 is 0 Å². The molecule has 6 aromatic rings. The van der Waals surface area contributed by atoms with Crippen LogP contribution in [0.5, 0.6) is 23.0 Å². The van der Waals surface area contributed by atoms with E-state index in [1.807, 2.05) is 64.4 Å². The molecule has 0 bridgehead atoms. The summed E-state index contributed by atoms with van der Waals surface area (Å²) in [4.78, 5) is 48.2. The zero-order valence-electron chi connectivity index (χ0n) is 38.7. The summed E-state index contributed by atoms with van der Waals surface area (Å²) >= 11 is 3.02. The van der Waals surface area contributed by atoms with Crippen molar-refractivity contribution in [1.29, 1.82) is 0 Å². The van der Waals surface area contributed by atoms with Crippen LogP contribution in [-0.2, 0) is 28.6 Å². The smallest absolute Gasteiger partial charge is 0.246 e. The fourth-order valence-corrected chi connectivity index (χ4v) is 9.70. The predicted octanol–water partition coefficient (Wildman–Crippen LogP) is 8.44. The van der Waals surface area contributed by atoms with Gasteiger partial charge in [0.05, 0.1) is 66.1 Å². The summed E-state index contributed by atoms with van der Waals surface area (Å²) in [7, 11) is 0. The fourth-order valence-electron chi connectivity index (χ4n) is 7.72. The van der Waals surface area contributed by atoms with Gasteiger partial charge < -0.3 is 49.4 Å². The highest BCUT2D eigenvalue weighted by Gasteiger charge is 2.44. The number of benzene rings is 4. The van der Waals surface area contributed by atoms with Gasteiger partial charge in [0.15, 0.2) is 5.75 Å². The van der Waals surface area contributed by atoms with Crippen LogP contribution in [0.4, 0.5) is 4.39 Å². The molecule has 1 aliphatic heterocycles. The minimum absolute atomic E-state index is 0.0301. The molecule has 1 unspecified atom stereocenters. The maximum Gasteiger partial charge on any atom is 0.246 e. The number of phenols is 1. The largest absolute Gasteiger partial charge is 0.508 e. The minimum atomic E-state index is -0.983. The van der Waals surface area contributed by atoms with Crippen molar-refractivity contribution in [3.8, 4) is 43.9 Å². The number of hydrogen-bond acceptors (Lipinski definition) is 13. The predicted molar refractivity (Wildman–Crippen MR) is 260 cm³/mol. The lowest BCUT2D eigenvalue weighted by atomic mass is 9.85. The molecule has 2 aromatic heterocycles. The number of halogens is 1. The zero-order valence-corrected chi connectivity index (χ0v) is 40.3. The standard InChI is InChI=1S/C51H57FN4O10S2/c1-31(33-6-8-34(9-7-33)46-32(2)53-30-67-46)54-49(60)42-26-38(58)28-56(42)50(61)48(51(3,4)5)55-44(59)29-64-23-22-62-20-21-63-24-25-65-39-15-17-40(18-16-39)66-45-41-19-14-37(57)27-43(41)68-47(45)35-10-12-36(52)13-11-35/h6-19,27,30-31,38,42,48,57-58H,20-26,28-29H2,1-5H3,(H,54,60)(H,55,59)/t31-,38+,42-,48?/m0/s1. The Morgan fingerprint density at radius 2 is 1.47 bits per heavy atom. The van der Waals surface area contributed by atoms with Crippen molar-refractivity contribution in [1.82, 2.24) is 20.5 Å². The number of β-amino-alcohol motifs (C(OH)–C–C–N with tert-alkyl or cyclic N) is 1. The number of aryl methyl sites for hydroxylation is 1. The number of aromatic hydroxyl groups is 1. The molecule has 1 saturated heterocycles. The van der Waals surface area contributed by atoms with Crippen LogP contribution in [0.1, 0.15) is 51.4 Å². The molecule has 3 amide bonds. The topological polar surface area (TPSA) is 178 Å². The molecule has 0 spiro atoms. The van der Waals surface area contributed by atoms with Crippen LogP contribution in [0.25, 0.3) is 31.0 Å². The zero-order chi connectivity index (χ0) is 48.4. The second-order valence-electron chi connectivity index (χ2n) is 17.5. The maximum atomic E-state index is 14.0. The molecule has 4 atom stereocenters. The molecule has 360 valence electrons. The second kappa shape index (κ2) is 22.9. The summed E-state index contributed by atoms with van der Waals surface area (Å²) in [6.45, 7) is 10.6. The van der Waals surface area contributed by atoms with Gasteiger partial charge in [-0.2, -0.15) is 0 Å². The van der Waals surface area contributed by atoms with E-state index in [0.717, 1.165) is 42.2 Å². The third-order valence-electron chi connectivity index (χ3n) is 11.3. The summed E-state index contributed by atoms with van der Waals surface area (Å²) in [5.74, 6) is 0.306. The average Bonchev–Trinajstić information content (AvgIpc) is 4.03. The quantitative estimate of drug-likeness (QED) is 0.0509. The van der Waals surface area contributed by atoms with Gasteiger partial charge >= 0.3 is 0 Å². The summed E-state index contributed by atoms with van der Waals surface area (Å²) in [6.07, 6.45) is -0.806. The highest BCUT2D eigenvalue weighted by atomic mass is 32.1. The van der Waals surface area contributed by atoms with Crippen LogP contribution in [0.2, 0.25) is 0 Å². The molecule has 0 radical (unpaired) electrons. The molecule has 3 heterocycles. The van der Waals surface area contributed by atoms with Gasteiger partial charge in [-0.25, -0.2) is 9.37 Å². The number of rotatable bonds is 21. The number of ether oxygens (including phenoxy) is 5. The molecular weight excluding hydrogens is 912 g/mol. The molecule has 0 aliphatic carbocycles. The van der Waals surface area contributed by atoms with Crippen molar-refractivity contribution in [2.24, 2.45) is 5.41 Å². The van der Waals surface area contributed by atoms with Crippen molar-refractivity contribution in [2.45, 2.75) is 65.3 Å². The first-order valence-corrected chi connectivity index (χ1v) is 24.1. The molecule has 68 heavy (non-hydrogen) atoms. The van der Waals surface area contributed by atoms with E-state index in [1.54, 1.807) is 65.9 Å². The molecule has 0 saturated carbocycles. The van der Waals surface area contributed by atoms with Gasteiger partial charge in [-0.3, -0.25) is 14.4 Å². The molecule has 4 aromatic carbocycles. The van der Waals surface area contributed by atoms with Crippen LogP contribution in [0.3, 0.4) is 0 Å². The first-order chi connectivity index (χ1) is 32.6. The number of fused-ring (bicyclic) bond motifs is 1. The lowest BCUT2D eigenvalue weighted by molar-refractivity contribution is -0.144. The SMILES string of the molecule is Cc1ncsc1-c1ccc([C@H](C)NC(=O)[C@@H]2C[C@@H](O)CN2C(=O)C(NC(=O)COCCOCCOCCOc2ccc(Oc3c(-c4ccc(F)cc4)sc4cc(O)ccc34)cc2)C(C)(C)C)cc1. The van der Waals surface area contributed by atoms with Crippen LogP contribution >= 0.6 is 22.7 Å². The Hall–Kier alpha value is -5.95. The van der Waals surface area contributed by atoms with Crippen molar-refractivity contribution < 1.29 is 52.7 Å². The van der Waals surface area contributed by atoms with Gasteiger partial charge in [0.1, 0.15) is 48.4 Å². The molecule has 4 N–H and O–H groups in total. The Kier molecular flexibility index (Phi) is 16.8. The number of hydrogen-bond donors (Lipinski definition) is 4. The van der Waals surface area contributed by atoms with Crippen molar-refractivity contribution in [3.05, 3.63) is 114 Å². The number of amides is 3. The van der Waals surface area contributed by atoms with Gasteiger partial charge in [0, 0.05) is 23.1 Å². The van der Waals surface area contributed by atoms with Gasteiger partial charge in [0.2, 0.25) is 17.7 Å². The second-order valence-corrected chi connectivity index (χ2v) is 19.4. The number of phenolic OH excluding ortho intramolecular Hbond substituents is 1. The van der Waals surface area contributed by atoms with E-state index in [1.165, 1.54) is 28.4 Å². The van der Waals surface area contributed by atoms with Crippen LogP contribution in [0, 0.1) is 18.2 Å². The highest BCUT2D eigenvalue weighted by Crippen LogP contribution is 2.47. The van der Waals surface area contributed by atoms with Gasteiger partial charge in [-0.05, 0) is 90.6 Å². The van der Waals surface area contributed by atoms with Crippen LogP contribution in [-0.4, -0.2) is 109 Å². The number of thiazole rings is 1. The Labute approximate surface area is 403 Å². The number of nitrogens with one attached hydrogen (secondary N) is 2. The third kappa shape index (κ3) is 13.0. The molecule has 17 heteroatoms. The number of likely N-dealkylation sites (tertiary alicyclic amines) is 1. The Morgan fingerprint density at radius 3 is 2.13 bits per heavy atom. The normalized spacial score (nSPS) is 15.8. The van der Waals surface area contributed by atoms with E-state index in [4.69, 9.17) is 23.7 Å². The lowest BCUT2D eigenvalue weighted by Crippen LogP contribution is -2.58. The van der Waals surface area contributed by atoms with Crippen molar-refractivity contribution in [2.75, 3.05) is 52.8 Å². The van der Waals surface area contributed by atoms with Gasteiger partial charge in [-0.15, -0.1) is 22.7 Å². The average molecular weight is 969 g/mol. The number of nitrogens with zero attached hydrogens (tertiary/aromatic N) is 2. The number of carbonyl (C=O) groups excluding carboxylic acids is 3. The summed E-state index contributed by atoms with van der Waals surface area (Å²) in [6, 6.07) is 24.1. The summed E-state index contributed by atoms with van der Waals surface area (Å²) < 4.78 is 43.4. The third-order valence-corrected chi connectivity index (χ3v) is 13.5. The number of carbonyl (C=O) groups is 3. The Balaban J connectivity index is 0.780. The van der Waals surface area contributed by atoms with E-state index in [2.05, 4.69) is 15.6 Å². The monoisotopic (exact) mass is 968 g/mol. The molecule has 14 nitrogen and oxygen atoms in total. The molecule has 1 aliphatic rings. The Morgan fingerprint density at radius 1 is 0.838 bits per heavy atom. The number of aliphatic hydroxyl groups is 1. The van der Waals surface area contributed by atoms with Gasteiger partial charge in [-0.1, -0.05) is 57.2 Å². The van der Waals surface area contributed by atoms with Crippen LogP contribution in [0.15, 0.2) is 96.5 Å². The van der Waals surface area contributed by atoms with E-state index in [-0.39, 0.29) is 56.3 Å². The van der Waals surface area contributed by atoms with Crippen LogP contribution < -0.4 is 20.1 Å². The summed E-state index contributed by atoms with van der Waals surface area (Å²) in [5, 5.41) is 27.3. The first-order valence-electron chi connectivity index (χ1n) is 22.4. The van der Waals surface area contributed by atoms with Gasteiger partial charge in [0.25, 0.3) is 0 Å². The number of aliphatic hydroxyl groups excluding tert-OH is 1. The van der Waals surface area contributed by atoms with E-state index in [9.17, 15) is 29.0 Å². The first kappa shape index (κ1) is 49.9. The summed E-state index contributed by atoms with van der Waals surface area (Å²) in [5.41, 5.74) is 4.79. The lowest BCUT2D eigenvalue weighted by Gasteiger charge is -2.35. The maximum absolute atomic E-state index is 14.0. The van der Waals surface area contributed by atoms with Crippen molar-refractivity contribution >= 4 is 50.5 Å². The Bertz CT molecular complexity index is 2630. The molecule has 1 fully saturated rings. The van der Waals surface area contributed by atoms with Crippen molar-refractivity contribution in [3.63, 3.8) is 0 Å². The van der Waals surface area contributed by atoms with E-state index < -0.39 is 35.4 Å². The van der Waals surface area contributed by atoms with E-state index in [0.29, 0.717) is 43.7 Å². The fraction of sp³-hybridized carbons (Fsp3) is 0.373.